The first-order valence-electron chi connectivity index (χ1n) is 7.31. The monoisotopic (exact) mass is 348 g/mol. The molecular formula is C17H14ClFN2O3. The average molecular weight is 349 g/mol. The second-order valence-corrected chi connectivity index (χ2v) is 5.69. The Hall–Kier alpha value is -2.60. The van der Waals surface area contributed by atoms with Crippen molar-refractivity contribution in [3.63, 3.8) is 0 Å². The molecule has 1 heterocycles. The van der Waals surface area contributed by atoms with Crippen molar-refractivity contribution in [3.05, 3.63) is 64.9 Å². The normalized spacial score (nSPS) is 16.8. The van der Waals surface area contributed by atoms with Crippen LogP contribution in [0.4, 0.5) is 14.9 Å². The summed E-state index contributed by atoms with van der Waals surface area (Å²) in [5, 5.41) is 3.03. The lowest BCUT2D eigenvalue weighted by Crippen LogP contribution is -2.34. The Morgan fingerprint density at radius 3 is 2.83 bits per heavy atom. The van der Waals surface area contributed by atoms with Crippen LogP contribution in [-0.2, 0) is 4.74 Å². The Kier molecular flexibility index (Phi) is 4.66. The summed E-state index contributed by atoms with van der Waals surface area (Å²) < 4.78 is 18.5. The van der Waals surface area contributed by atoms with Crippen LogP contribution in [-0.4, -0.2) is 31.2 Å². The smallest absolute Gasteiger partial charge is 0.414 e. The lowest BCUT2D eigenvalue weighted by Gasteiger charge is -2.13. The fourth-order valence-corrected chi connectivity index (χ4v) is 2.65. The summed E-state index contributed by atoms with van der Waals surface area (Å²) in [7, 11) is 0. The van der Waals surface area contributed by atoms with Crippen LogP contribution in [0.1, 0.15) is 10.4 Å². The number of hydrogen-bond donors (Lipinski definition) is 1. The summed E-state index contributed by atoms with van der Waals surface area (Å²) in [6, 6.07) is 12.4. The minimum absolute atomic E-state index is 0.140. The van der Waals surface area contributed by atoms with E-state index in [1.165, 1.54) is 23.1 Å². The number of nitrogens with one attached hydrogen (secondary N) is 1. The maximum Gasteiger partial charge on any atom is 0.414 e. The molecule has 1 aliphatic rings. The van der Waals surface area contributed by atoms with Crippen LogP contribution in [0.15, 0.2) is 48.5 Å². The highest BCUT2D eigenvalue weighted by Crippen LogP contribution is 2.22. The Balaban J connectivity index is 1.61. The SMILES string of the molecule is O=C(NCC1CN(c2cccc(F)c2)C(=O)O1)c1ccccc1Cl. The molecule has 0 spiro atoms. The molecule has 1 aliphatic heterocycles. The van der Waals surface area contributed by atoms with E-state index in [1.807, 2.05) is 0 Å². The first-order valence-corrected chi connectivity index (χ1v) is 7.69. The molecule has 2 amide bonds. The van der Waals surface area contributed by atoms with Crippen molar-refractivity contribution < 1.29 is 18.7 Å². The maximum absolute atomic E-state index is 13.3. The molecule has 0 aliphatic carbocycles. The highest BCUT2D eigenvalue weighted by Gasteiger charge is 2.32. The van der Waals surface area contributed by atoms with E-state index in [0.717, 1.165) is 0 Å². The van der Waals surface area contributed by atoms with E-state index < -0.39 is 18.0 Å². The zero-order valence-corrected chi connectivity index (χ0v) is 13.3. The quantitative estimate of drug-likeness (QED) is 0.922. The van der Waals surface area contributed by atoms with E-state index in [-0.39, 0.29) is 19.0 Å². The summed E-state index contributed by atoms with van der Waals surface area (Å²) >= 11 is 5.97. The molecule has 2 aromatic carbocycles. The zero-order chi connectivity index (χ0) is 17.1. The molecule has 0 radical (unpaired) electrons. The molecule has 3 rings (SSSR count). The Bertz CT molecular complexity index is 784. The molecule has 1 atom stereocenters. The van der Waals surface area contributed by atoms with E-state index >= 15 is 0 Å². The predicted octanol–water partition coefficient (Wildman–Crippen LogP) is 3.23. The van der Waals surface area contributed by atoms with Crippen LogP contribution >= 0.6 is 11.6 Å². The van der Waals surface area contributed by atoms with Gasteiger partial charge in [-0.3, -0.25) is 9.69 Å². The molecule has 124 valence electrons. The molecule has 0 saturated carbocycles. The van der Waals surface area contributed by atoms with Gasteiger partial charge in [0.25, 0.3) is 5.91 Å². The summed E-state index contributed by atoms with van der Waals surface area (Å²) in [4.78, 5) is 25.3. The lowest BCUT2D eigenvalue weighted by atomic mass is 10.2. The van der Waals surface area contributed by atoms with Crippen molar-refractivity contribution in [2.75, 3.05) is 18.0 Å². The number of nitrogens with zero attached hydrogens (tertiary/aromatic N) is 1. The lowest BCUT2D eigenvalue weighted by molar-refractivity contribution is 0.0916. The topological polar surface area (TPSA) is 58.6 Å². The number of carbonyl (C=O) groups excluding carboxylic acids is 2. The third kappa shape index (κ3) is 3.49. The van der Waals surface area contributed by atoms with Gasteiger partial charge in [0, 0.05) is 0 Å². The number of rotatable bonds is 4. The van der Waals surface area contributed by atoms with Gasteiger partial charge in [0.1, 0.15) is 11.9 Å². The molecule has 1 unspecified atom stereocenters. The third-order valence-corrected chi connectivity index (χ3v) is 3.93. The fraction of sp³-hybridized carbons (Fsp3) is 0.176. The molecule has 5 nitrogen and oxygen atoms in total. The van der Waals surface area contributed by atoms with Gasteiger partial charge in [-0.25, -0.2) is 9.18 Å². The van der Waals surface area contributed by atoms with E-state index in [1.54, 1.807) is 30.3 Å². The van der Waals surface area contributed by atoms with Crippen molar-refractivity contribution in [1.82, 2.24) is 5.32 Å². The fourth-order valence-electron chi connectivity index (χ4n) is 2.43. The van der Waals surface area contributed by atoms with Gasteiger partial charge < -0.3 is 10.1 Å². The van der Waals surface area contributed by atoms with Gasteiger partial charge in [0.2, 0.25) is 0 Å². The summed E-state index contributed by atoms with van der Waals surface area (Å²) in [6.07, 6.45) is -1.09. The van der Waals surface area contributed by atoms with Crippen LogP contribution in [0.2, 0.25) is 5.02 Å². The van der Waals surface area contributed by atoms with Crippen molar-refractivity contribution in [2.24, 2.45) is 0 Å². The van der Waals surface area contributed by atoms with Crippen molar-refractivity contribution in [3.8, 4) is 0 Å². The van der Waals surface area contributed by atoms with Crippen molar-refractivity contribution in [1.29, 1.82) is 0 Å². The predicted molar refractivity (Wildman–Crippen MR) is 87.8 cm³/mol. The number of amides is 2. The summed E-state index contributed by atoms with van der Waals surface area (Å²) in [5.74, 6) is -0.781. The van der Waals surface area contributed by atoms with Crippen LogP contribution in [0.25, 0.3) is 0 Å². The molecule has 1 saturated heterocycles. The number of halogens is 2. The average Bonchev–Trinajstić information content (AvgIpc) is 2.94. The van der Waals surface area contributed by atoms with Gasteiger partial charge in [-0.05, 0) is 30.3 Å². The molecule has 0 bridgehead atoms. The minimum atomic E-state index is -0.572. The van der Waals surface area contributed by atoms with Gasteiger partial charge in [-0.2, -0.15) is 0 Å². The minimum Gasteiger partial charge on any atom is -0.442 e. The zero-order valence-electron chi connectivity index (χ0n) is 12.5. The van der Waals surface area contributed by atoms with Crippen molar-refractivity contribution >= 4 is 29.3 Å². The number of cyclic esters (lactones) is 1. The Morgan fingerprint density at radius 2 is 2.08 bits per heavy atom. The van der Waals surface area contributed by atoms with Gasteiger partial charge >= 0.3 is 6.09 Å². The van der Waals surface area contributed by atoms with E-state index in [2.05, 4.69) is 5.32 Å². The molecule has 2 aromatic rings. The van der Waals surface area contributed by atoms with Crippen LogP contribution in [0.3, 0.4) is 0 Å². The van der Waals surface area contributed by atoms with Crippen molar-refractivity contribution in [2.45, 2.75) is 6.10 Å². The first-order chi connectivity index (χ1) is 11.5. The number of ether oxygens (including phenoxy) is 1. The Morgan fingerprint density at radius 1 is 1.29 bits per heavy atom. The van der Waals surface area contributed by atoms with Gasteiger partial charge in [-0.15, -0.1) is 0 Å². The summed E-state index contributed by atoms with van der Waals surface area (Å²) in [6.45, 7) is 0.368. The highest BCUT2D eigenvalue weighted by molar-refractivity contribution is 6.33. The molecular weight excluding hydrogens is 335 g/mol. The number of benzene rings is 2. The van der Waals surface area contributed by atoms with E-state index in [9.17, 15) is 14.0 Å². The van der Waals surface area contributed by atoms with E-state index in [4.69, 9.17) is 16.3 Å². The van der Waals surface area contributed by atoms with Gasteiger partial charge in [0.15, 0.2) is 0 Å². The molecule has 0 aromatic heterocycles. The number of carbonyl (C=O) groups is 2. The number of hydrogen-bond acceptors (Lipinski definition) is 3. The maximum atomic E-state index is 13.3. The second-order valence-electron chi connectivity index (χ2n) is 5.29. The van der Waals surface area contributed by atoms with Crippen LogP contribution < -0.4 is 10.2 Å². The molecule has 1 fully saturated rings. The third-order valence-electron chi connectivity index (χ3n) is 3.60. The standard InChI is InChI=1S/C17H14ClFN2O3/c18-15-7-2-1-6-14(15)16(22)20-9-13-10-21(17(23)24-13)12-5-3-4-11(19)8-12/h1-8,13H,9-10H2,(H,20,22). The molecule has 1 N–H and O–H groups in total. The first kappa shape index (κ1) is 16.3. The van der Waals surface area contributed by atoms with Gasteiger partial charge in [-0.1, -0.05) is 29.8 Å². The summed E-state index contributed by atoms with van der Waals surface area (Å²) in [5.41, 5.74) is 0.769. The van der Waals surface area contributed by atoms with E-state index in [0.29, 0.717) is 16.3 Å². The van der Waals surface area contributed by atoms with Crippen LogP contribution in [0, 0.1) is 5.82 Å². The highest BCUT2D eigenvalue weighted by atomic mass is 35.5. The number of anilines is 1. The second kappa shape index (κ2) is 6.88. The van der Waals surface area contributed by atoms with Gasteiger partial charge in [0.05, 0.1) is 29.4 Å². The molecule has 24 heavy (non-hydrogen) atoms. The molecule has 7 heteroatoms. The Labute approximate surface area is 143 Å². The largest absolute Gasteiger partial charge is 0.442 e. The van der Waals surface area contributed by atoms with Crippen LogP contribution in [0.5, 0.6) is 0 Å².